The minimum Gasteiger partial charge on any atom is -0.399 e. The van der Waals surface area contributed by atoms with E-state index in [2.05, 4.69) is 0 Å². The third-order valence-electron chi connectivity index (χ3n) is 3.83. The van der Waals surface area contributed by atoms with Crippen LogP contribution in [-0.2, 0) is 4.79 Å². The topological polar surface area (TPSA) is 46.3 Å². The molecule has 0 unspecified atom stereocenters. The van der Waals surface area contributed by atoms with Gasteiger partial charge in [-0.1, -0.05) is 32.1 Å². The molecule has 2 rings (SSSR count). The summed E-state index contributed by atoms with van der Waals surface area (Å²) in [5, 5.41) is 0. The van der Waals surface area contributed by atoms with Gasteiger partial charge in [0.1, 0.15) is 6.29 Å². The molecule has 0 bridgehead atoms. The predicted molar refractivity (Wildman–Crippen MR) is 87.1 cm³/mol. The second-order valence-corrected chi connectivity index (χ2v) is 5.73. The minimum absolute atomic E-state index is 0.782. The van der Waals surface area contributed by atoms with Crippen molar-refractivity contribution in [1.82, 2.24) is 0 Å². The van der Waals surface area contributed by atoms with Crippen molar-refractivity contribution in [3.05, 3.63) is 24.3 Å². The molecule has 0 amide bonds. The lowest BCUT2D eigenvalue weighted by Crippen LogP contribution is -2.08. The van der Waals surface area contributed by atoms with E-state index in [4.69, 9.17) is 5.73 Å². The zero-order valence-corrected chi connectivity index (χ0v) is 12.8. The Morgan fingerprint density at radius 3 is 2.25 bits per heavy atom. The summed E-state index contributed by atoms with van der Waals surface area (Å²) < 4.78 is 0. The maximum atomic E-state index is 10.0. The highest BCUT2D eigenvalue weighted by molar-refractivity contribution is 5.52. The highest BCUT2D eigenvalue weighted by Gasteiger charge is 2.11. The van der Waals surface area contributed by atoms with Crippen molar-refractivity contribution in [2.24, 2.45) is 5.92 Å². The van der Waals surface area contributed by atoms with Crippen molar-refractivity contribution in [3.63, 3.8) is 0 Å². The third-order valence-corrected chi connectivity index (χ3v) is 3.83. The highest BCUT2D eigenvalue weighted by atomic mass is 16.1. The Morgan fingerprint density at radius 2 is 1.75 bits per heavy atom. The first-order valence-corrected chi connectivity index (χ1v) is 7.60. The molecule has 1 aromatic rings. The Hall–Kier alpha value is -1.51. The van der Waals surface area contributed by atoms with E-state index in [1.807, 2.05) is 43.3 Å². The summed E-state index contributed by atoms with van der Waals surface area (Å²) in [4.78, 5) is 12.1. The van der Waals surface area contributed by atoms with Gasteiger partial charge in [0.15, 0.2) is 0 Å². The number of rotatable bonds is 4. The summed E-state index contributed by atoms with van der Waals surface area (Å²) in [7, 11) is 4.01. The van der Waals surface area contributed by atoms with E-state index < -0.39 is 0 Å². The van der Waals surface area contributed by atoms with Crippen molar-refractivity contribution in [1.29, 1.82) is 0 Å². The quantitative estimate of drug-likeness (QED) is 0.670. The van der Waals surface area contributed by atoms with Crippen molar-refractivity contribution in [2.75, 3.05) is 24.7 Å². The SMILES string of the molecule is CN(C)c1ccc(N)cc1.O=CCCC1CCCCC1. The molecule has 112 valence electrons. The van der Waals surface area contributed by atoms with Crippen molar-refractivity contribution in [2.45, 2.75) is 44.9 Å². The Labute approximate surface area is 123 Å². The smallest absolute Gasteiger partial charge is 0.120 e. The molecule has 0 aliphatic heterocycles. The van der Waals surface area contributed by atoms with Crippen LogP contribution in [0.25, 0.3) is 0 Å². The van der Waals surface area contributed by atoms with E-state index in [0.717, 1.165) is 30.7 Å². The van der Waals surface area contributed by atoms with Crippen LogP contribution in [0.4, 0.5) is 11.4 Å². The molecule has 2 N–H and O–H groups in total. The zero-order chi connectivity index (χ0) is 14.8. The van der Waals surface area contributed by atoms with Gasteiger partial charge in [0.25, 0.3) is 0 Å². The van der Waals surface area contributed by atoms with Gasteiger partial charge in [-0.3, -0.25) is 0 Å². The average molecular weight is 276 g/mol. The minimum atomic E-state index is 0.782. The molecule has 0 atom stereocenters. The van der Waals surface area contributed by atoms with Crippen LogP contribution in [0.15, 0.2) is 24.3 Å². The number of nitrogens with zero attached hydrogens (tertiary/aromatic N) is 1. The molecule has 0 spiro atoms. The number of aldehydes is 1. The molecule has 1 fully saturated rings. The number of carbonyl (C=O) groups excluding carboxylic acids is 1. The Kier molecular flexibility index (Phi) is 7.78. The highest BCUT2D eigenvalue weighted by Crippen LogP contribution is 2.26. The molecule has 1 aliphatic rings. The molecule has 1 aliphatic carbocycles. The van der Waals surface area contributed by atoms with Gasteiger partial charge in [-0.05, 0) is 36.6 Å². The van der Waals surface area contributed by atoms with E-state index in [0.29, 0.717) is 0 Å². The molecule has 0 saturated heterocycles. The van der Waals surface area contributed by atoms with Gasteiger partial charge in [0, 0.05) is 31.9 Å². The first-order chi connectivity index (χ1) is 9.63. The van der Waals surface area contributed by atoms with Gasteiger partial charge in [0.2, 0.25) is 0 Å². The van der Waals surface area contributed by atoms with Crippen LogP contribution in [0, 0.1) is 5.92 Å². The zero-order valence-electron chi connectivity index (χ0n) is 12.8. The molecule has 20 heavy (non-hydrogen) atoms. The molecule has 1 aromatic carbocycles. The second-order valence-electron chi connectivity index (χ2n) is 5.73. The number of hydrogen-bond donors (Lipinski definition) is 1. The lowest BCUT2D eigenvalue weighted by atomic mass is 9.86. The van der Waals surface area contributed by atoms with E-state index in [1.54, 1.807) is 0 Å². The van der Waals surface area contributed by atoms with Crippen molar-refractivity contribution >= 4 is 17.7 Å². The number of nitrogens with two attached hydrogens (primary N) is 1. The number of hydrogen-bond acceptors (Lipinski definition) is 3. The fourth-order valence-electron chi connectivity index (χ4n) is 2.55. The fourth-order valence-corrected chi connectivity index (χ4v) is 2.55. The van der Waals surface area contributed by atoms with Gasteiger partial charge >= 0.3 is 0 Å². The number of nitrogen functional groups attached to an aromatic ring is 1. The maximum absolute atomic E-state index is 10.0. The maximum Gasteiger partial charge on any atom is 0.120 e. The van der Waals surface area contributed by atoms with Gasteiger partial charge in [-0.25, -0.2) is 0 Å². The van der Waals surface area contributed by atoms with Gasteiger partial charge in [-0.15, -0.1) is 0 Å². The molecular weight excluding hydrogens is 248 g/mol. The monoisotopic (exact) mass is 276 g/mol. The number of benzene rings is 1. The third kappa shape index (κ3) is 6.60. The number of anilines is 2. The molecule has 0 aromatic heterocycles. The predicted octanol–water partition coefficient (Wildman–Crippen LogP) is 3.88. The lowest BCUT2D eigenvalue weighted by molar-refractivity contribution is -0.108. The largest absolute Gasteiger partial charge is 0.399 e. The second kappa shape index (κ2) is 9.40. The van der Waals surface area contributed by atoms with Crippen LogP contribution < -0.4 is 10.6 Å². The van der Waals surface area contributed by atoms with Crippen LogP contribution in [0.5, 0.6) is 0 Å². The molecular formula is C17H28N2O. The average Bonchev–Trinajstić information content (AvgIpc) is 2.47. The Morgan fingerprint density at radius 1 is 1.15 bits per heavy atom. The number of carbonyl (C=O) groups is 1. The fraction of sp³-hybridized carbons (Fsp3) is 0.588. The molecule has 0 radical (unpaired) electrons. The van der Waals surface area contributed by atoms with Crippen molar-refractivity contribution < 1.29 is 4.79 Å². The van der Waals surface area contributed by atoms with Crippen LogP contribution in [0.3, 0.4) is 0 Å². The van der Waals surface area contributed by atoms with Crippen LogP contribution in [-0.4, -0.2) is 20.4 Å². The van der Waals surface area contributed by atoms with E-state index in [9.17, 15) is 4.79 Å². The van der Waals surface area contributed by atoms with Crippen LogP contribution in [0.2, 0.25) is 0 Å². The molecule has 0 heterocycles. The summed E-state index contributed by atoms with van der Waals surface area (Å²) in [5.41, 5.74) is 7.49. The molecule has 3 nitrogen and oxygen atoms in total. The van der Waals surface area contributed by atoms with Gasteiger partial charge in [0.05, 0.1) is 0 Å². The summed E-state index contributed by atoms with van der Waals surface area (Å²) in [5.74, 6) is 0.874. The van der Waals surface area contributed by atoms with E-state index in [-0.39, 0.29) is 0 Å². The summed E-state index contributed by atoms with van der Waals surface area (Å²) in [6.07, 6.45) is 9.91. The van der Waals surface area contributed by atoms with Crippen LogP contribution >= 0.6 is 0 Å². The summed E-state index contributed by atoms with van der Waals surface area (Å²) >= 11 is 0. The Balaban J connectivity index is 0.000000200. The first kappa shape index (κ1) is 16.5. The Bertz CT molecular complexity index is 367. The summed E-state index contributed by atoms with van der Waals surface area (Å²) in [6.45, 7) is 0. The van der Waals surface area contributed by atoms with E-state index in [1.165, 1.54) is 37.8 Å². The van der Waals surface area contributed by atoms with Gasteiger partial charge in [-0.2, -0.15) is 0 Å². The van der Waals surface area contributed by atoms with E-state index >= 15 is 0 Å². The van der Waals surface area contributed by atoms with Gasteiger partial charge < -0.3 is 15.4 Å². The lowest BCUT2D eigenvalue weighted by Gasteiger charge is -2.19. The van der Waals surface area contributed by atoms with Crippen molar-refractivity contribution in [3.8, 4) is 0 Å². The molecule has 1 saturated carbocycles. The standard InChI is InChI=1S/C9H16O.C8H12N2/c10-8-4-7-9-5-2-1-3-6-9;1-10(2)8-5-3-7(9)4-6-8/h8-9H,1-7H2;3-6H,9H2,1-2H3. The first-order valence-electron chi connectivity index (χ1n) is 7.60. The normalized spacial score (nSPS) is 15.1. The molecule has 3 heteroatoms. The van der Waals surface area contributed by atoms with Crippen LogP contribution in [0.1, 0.15) is 44.9 Å². The summed E-state index contributed by atoms with van der Waals surface area (Å²) in [6, 6.07) is 7.79.